The van der Waals surface area contributed by atoms with Gasteiger partial charge in [-0.05, 0) is 44.8 Å². The maximum atomic E-state index is 12.3. The largest absolute Gasteiger partial charge is 0.481 e. The number of piperidine rings is 1. The van der Waals surface area contributed by atoms with Gasteiger partial charge in [-0.1, -0.05) is 0 Å². The Kier molecular flexibility index (Phi) is 5.93. The molecule has 0 unspecified atom stereocenters. The molecule has 1 saturated heterocycles. The number of hydrogen-bond donors (Lipinski definition) is 2. The minimum absolute atomic E-state index is 0.0237. The second kappa shape index (κ2) is 7.30. The minimum Gasteiger partial charge on any atom is -0.481 e. The first-order valence-corrected chi connectivity index (χ1v) is 10.2. The molecular formula is C13H24N2O4S2. The van der Waals surface area contributed by atoms with Crippen LogP contribution >= 0.6 is 11.8 Å². The van der Waals surface area contributed by atoms with E-state index in [1.165, 1.54) is 4.31 Å². The van der Waals surface area contributed by atoms with Crippen LogP contribution in [0.3, 0.4) is 0 Å². The van der Waals surface area contributed by atoms with E-state index in [9.17, 15) is 13.2 Å². The highest BCUT2D eigenvalue weighted by Crippen LogP contribution is 2.28. The Labute approximate surface area is 130 Å². The van der Waals surface area contributed by atoms with Gasteiger partial charge in [0.2, 0.25) is 0 Å². The zero-order valence-electron chi connectivity index (χ0n) is 12.3. The van der Waals surface area contributed by atoms with Crippen LogP contribution in [0.15, 0.2) is 0 Å². The van der Waals surface area contributed by atoms with Gasteiger partial charge in [-0.3, -0.25) is 4.79 Å². The highest BCUT2D eigenvalue weighted by atomic mass is 32.2. The van der Waals surface area contributed by atoms with Gasteiger partial charge in [0.05, 0.1) is 5.92 Å². The van der Waals surface area contributed by atoms with Crippen molar-refractivity contribution in [2.24, 2.45) is 5.92 Å². The van der Waals surface area contributed by atoms with Gasteiger partial charge < -0.3 is 5.11 Å². The number of hydrogen-bond acceptors (Lipinski definition) is 4. The zero-order chi connectivity index (χ0) is 15.5. The number of aliphatic carboxylic acids is 1. The number of nitrogens with zero attached hydrogens (tertiary/aromatic N) is 1. The van der Waals surface area contributed by atoms with E-state index in [1.807, 2.05) is 11.8 Å². The lowest BCUT2D eigenvalue weighted by atomic mass is 9.96. The molecule has 0 atom stereocenters. The number of carboxylic acids is 1. The number of carbonyl (C=O) groups is 1. The van der Waals surface area contributed by atoms with E-state index in [4.69, 9.17) is 5.11 Å². The molecule has 8 heteroatoms. The number of nitrogens with one attached hydrogen (secondary N) is 1. The monoisotopic (exact) mass is 336 g/mol. The smallest absolute Gasteiger partial charge is 0.306 e. The van der Waals surface area contributed by atoms with E-state index in [2.05, 4.69) is 11.0 Å². The average molecular weight is 336 g/mol. The van der Waals surface area contributed by atoms with Crippen molar-refractivity contribution in [2.45, 2.75) is 49.8 Å². The lowest BCUT2D eigenvalue weighted by Crippen LogP contribution is -2.49. The van der Waals surface area contributed by atoms with Gasteiger partial charge >= 0.3 is 5.97 Å². The first kappa shape index (κ1) is 17.1. The molecule has 1 saturated carbocycles. The highest BCUT2D eigenvalue weighted by Gasteiger charge is 2.33. The number of carboxylic acid groups (broad SMARTS) is 1. The summed E-state index contributed by atoms with van der Waals surface area (Å²) in [5.74, 6) is -1.23. The summed E-state index contributed by atoms with van der Waals surface area (Å²) < 4.78 is 28.9. The molecule has 2 fully saturated rings. The summed E-state index contributed by atoms with van der Waals surface area (Å²) >= 11 is 1.85. The third kappa shape index (κ3) is 4.58. The van der Waals surface area contributed by atoms with Crippen molar-refractivity contribution >= 4 is 27.9 Å². The Bertz CT molecular complexity index is 453. The minimum atomic E-state index is -3.47. The standard InChI is InChI=1S/C13H24N2O4S2/c1-20-12-4-2-11(3-5-12)14-21(18,19)15-8-6-10(7-9-15)13(16)17/h10-12,14H,2-9H2,1H3,(H,16,17). The molecule has 2 aliphatic rings. The Morgan fingerprint density at radius 3 is 2.19 bits per heavy atom. The van der Waals surface area contributed by atoms with Crippen LogP contribution in [0.1, 0.15) is 38.5 Å². The molecule has 122 valence electrons. The van der Waals surface area contributed by atoms with E-state index >= 15 is 0 Å². The molecular weight excluding hydrogens is 312 g/mol. The van der Waals surface area contributed by atoms with E-state index in [1.54, 1.807) is 0 Å². The topological polar surface area (TPSA) is 86.7 Å². The molecule has 21 heavy (non-hydrogen) atoms. The van der Waals surface area contributed by atoms with Gasteiger partial charge in [0.25, 0.3) is 10.2 Å². The second-order valence-corrected chi connectivity index (χ2v) is 8.68. The van der Waals surface area contributed by atoms with E-state index in [0.29, 0.717) is 31.2 Å². The fraction of sp³-hybridized carbons (Fsp3) is 0.923. The summed E-state index contributed by atoms with van der Waals surface area (Å²) in [7, 11) is -3.47. The van der Waals surface area contributed by atoms with Crippen LogP contribution in [0.4, 0.5) is 0 Å². The van der Waals surface area contributed by atoms with E-state index in [-0.39, 0.29) is 6.04 Å². The normalized spacial score (nSPS) is 29.4. The third-order valence-corrected chi connectivity index (χ3v) is 7.28. The lowest BCUT2D eigenvalue weighted by Gasteiger charge is -2.33. The van der Waals surface area contributed by atoms with Crippen molar-refractivity contribution in [1.29, 1.82) is 0 Å². The summed E-state index contributed by atoms with van der Waals surface area (Å²) in [5, 5.41) is 9.60. The molecule has 2 N–H and O–H groups in total. The Morgan fingerprint density at radius 2 is 1.71 bits per heavy atom. The average Bonchev–Trinajstić information content (AvgIpc) is 2.48. The molecule has 0 amide bonds. The predicted molar refractivity (Wildman–Crippen MR) is 83.5 cm³/mol. The molecule has 0 aromatic carbocycles. The van der Waals surface area contributed by atoms with Crippen LogP contribution in [0.5, 0.6) is 0 Å². The van der Waals surface area contributed by atoms with Crippen LogP contribution in [0, 0.1) is 5.92 Å². The maximum absolute atomic E-state index is 12.3. The number of thioether (sulfide) groups is 1. The van der Waals surface area contributed by atoms with Gasteiger partial charge in [-0.15, -0.1) is 0 Å². The van der Waals surface area contributed by atoms with Crippen molar-refractivity contribution < 1.29 is 18.3 Å². The summed E-state index contributed by atoms with van der Waals surface area (Å²) in [6, 6.07) is 0.0237. The summed E-state index contributed by atoms with van der Waals surface area (Å²) in [5.41, 5.74) is 0. The maximum Gasteiger partial charge on any atom is 0.306 e. The van der Waals surface area contributed by atoms with Crippen LogP contribution in [-0.4, -0.2) is 54.4 Å². The molecule has 6 nitrogen and oxygen atoms in total. The van der Waals surface area contributed by atoms with Crippen molar-refractivity contribution in [2.75, 3.05) is 19.3 Å². The molecule has 1 aliphatic heterocycles. The van der Waals surface area contributed by atoms with Crippen LogP contribution < -0.4 is 4.72 Å². The predicted octanol–water partition coefficient (Wildman–Crippen LogP) is 1.29. The molecule has 1 aliphatic carbocycles. The molecule has 0 aromatic heterocycles. The second-order valence-electron chi connectivity index (χ2n) is 5.84. The third-order valence-electron chi connectivity index (χ3n) is 4.47. The lowest BCUT2D eigenvalue weighted by molar-refractivity contribution is -0.142. The summed E-state index contributed by atoms with van der Waals surface area (Å²) in [6.07, 6.45) is 6.77. The van der Waals surface area contributed by atoms with Gasteiger partial charge in [-0.25, -0.2) is 0 Å². The van der Waals surface area contributed by atoms with Gasteiger partial charge in [0.15, 0.2) is 0 Å². The van der Waals surface area contributed by atoms with E-state index in [0.717, 1.165) is 25.7 Å². The Morgan fingerprint density at radius 1 is 1.14 bits per heavy atom. The van der Waals surface area contributed by atoms with Crippen LogP contribution in [0.25, 0.3) is 0 Å². The molecule has 0 aromatic rings. The fourth-order valence-electron chi connectivity index (χ4n) is 3.04. The van der Waals surface area contributed by atoms with Crippen molar-refractivity contribution in [3.63, 3.8) is 0 Å². The fourth-order valence-corrected chi connectivity index (χ4v) is 5.29. The quantitative estimate of drug-likeness (QED) is 0.790. The molecule has 2 rings (SSSR count). The number of rotatable bonds is 5. The van der Waals surface area contributed by atoms with Crippen LogP contribution in [0.2, 0.25) is 0 Å². The SMILES string of the molecule is CSC1CCC(NS(=O)(=O)N2CCC(C(=O)O)CC2)CC1. The van der Waals surface area contributed by atoms with Crippen molar-refractivity contribution in [3.8, 4) is 0 Å². The van der Waals surface area contributed by atoms with Gasteiger partial charge in [0, 0.05) is 24.4 Å². The summed E-state index contributed by atoms with van der Waals surface area (Å²) in [4.78, 5) is 10.9. The molecule has 0 radical (unpaired) electrons. The first-order valence-electron chi connectivity index (χ1n) is 7.45. The van der Waals surface area contributed by atoms with Crippen molar-refractivity contribution in [3.05, 3.63) is 0 Å². The van der Waals surface area contributed by atoms with E-state index < -0.39 is 22.1 Å². The highest BCUT2D eigenvalue weighted by molar-refractivity contribution is 7.99. The first-order chi connectivity index (χ1) is 9.92. The molecule has 0 spiro atoms. The zero-order valence-corrected chi connectivity index (χ0v) is 14.0. The van der Waals surface area contributed by atoms with Crippen LogP contribution in [-0.2, 0) is 15.0 Å². The Hall–Kier alpha value is -0.310. The van der Waals surface area contributed by atoms with Gasteiger partial charge in [-0.2, -0.15) is 29.2 Å². The van der Waals surface area contributed by atoms with Crippen molar-refractivity contribution in [1.82, 2.24) is 9.03 Å². The Balaban J connectivity index is 1.84. The molecule has 0 bridgehead atoms. The summed E-state index contributed by atoms with van der Waals surface area (Å²) in [6.45, 7) is 0.596. The van der Waals surface area contributed by atoms with Gasteiger partial charge in [0.1, 0.15) is 0 Å². The molecule has 1 heterocycles.